The SMILES string of the molecule is CC1CCCCC1.Nc1ncnc2c(CN3CC[C@@H](O)C3)c[nH]c12. The zero-order valence-electron chi connectivity index (χ0n) is 14.5. The third-order valence-corrected chi connectivity index (χ3v) is 5.11. The van der Waals surface area contributed by atoms with Crippen LogP contribution < -0.4 is 5.73 Å². The summed E-state index contributed by atoms with van der Waals surface area (Å²) in [4.78, 5) is 13.5. The van der Waals surface area contributed by atoms with Crippen molar-refractivity contribution in [3.63, 3.8) is 0 Å². The van der Waals surface area contributed by atoms with E-state index >= 15 is 0 Å². The molecule has 2 aromatic rings. The summed E-state index contributed by atoms with van der Waals surface area (Å²) in [7, 11) is 0. The molecule has 1 atom stereocenters. The maximum Gasteiger partial charge on any atom is 0.151 e. The fraction of sp³-hybridized carbons (Fsp3) is 0.667. The molecular formula is C18H29N5O. The molecule has 0 radical (unpaired) electrons. The topological polar surface area (TPSA) is 91.1 Å². The number of aromatic nitrogens is 3. The number of likely N-dealkylation sites (tertiary alicyclic amines) is 1. The van der Waals surface area contributed by atoms with Gasteiger partial charge < -0.3 is 15.8 Å². The van der Waals surface area contributed by atoms with Crippen LogP contribution in [-0.2, 0) is 6.54 Å². The summed E-state index contributed by atoms with van der Waals surface area (Å²) in [5, 5.41) is 9.49. The fourth-order valence-corrected chi connectivity index (χ4v) is 3.64. The van der Waals surface area contributed by atoms with Crippen molar-refractivity contribution in [2.75, 3.05) is 18.8 Å². The van der Waals surface area contributed by atoms with Crippen LogP contribution in [0.4, 0.5) is 5.82 Å². The molecule has 6 nitrogen and oxygen atoms in total. The fourth-order valence-electron chi connectivity index (χ4n) is 3.64. The highest BCUT2D eigenvalue weighted by atomic mass is 16.3. The monoisotopic (exact) mass is 331 g/mol. The number of hydrogen-bond donors (Lipinski definition) is 3. The molecule has 0 amide bonds. The lowest BCUT2D eigenvalue weighted by atomic mass is 9.91. The van der Waals surface area contributed by atoms with Crippen molar-refractivity contribution in [1.82, 2.24) is 19.9 Å². The first-order valence-electron chi connectivity index (χ1n) is 9.10. The van der Waals surface area contributed by atoms with Crippen molar-refractivity contribution in [2.45, 2.75) is 58.1 Å². The van der Waals surface area contributed by atoms with Crippen LogP contribution in [0.2, 0.25) is 0 Å². The van der Waals surface area contributed by atoms with Crippen LogP contribution in [0.5, 0.6) is 0 Å². The van der Waals surface area contributed by atoms with E-state index in [1.54, 1.807) is 0 Å². The molecule has 2 aromatic heterocycles. The van der Waals surface area contributed by atoms with Gasteiger partial charge in [0.05, 0.1) is 11.6 Å². The molecule has 0 unspecified atom stereocenters. The number of nitrogen functional groups attached to an aromatic ring is 1. The molecule has 1 saturated carbocycles. The molecule has 1 saturated heterocycles. The lowest BCUT2D eigenvalue weighted by Gasteiger charge is -2.15. The standard InChI is InChI=1S/C11H15N5O.C7H14/c12-11-10-9(14-6-15-11)7(3-13-10)4-16-2-1-8(17)5-16;1-7-5-3-2-4-6-7/h3,6,8,13,17H,1-2,4-5H2,(H2,12,14,15);7H,2-6H2,1H3/t8-;/m1./s1. The van der Waals surface area contributed by atoms with Gasteiger partial charge in [0, 0.05) is 31.4 Å². The molecule has 132 valence electrons. The van der Waals surface area contributed by atoms with Crippen molar-refractivity contribution in [3.05, 3.63) is 18.1 Å². The number of aliphatic hydroxyl groups is 1. The molecular weight excluding hydrogens is 302 g/mol. The Hall–Kier alpha value is -1.66. The van der Waals surface area contributed by atoms with Crippen molar-refractivity contribution in [3.8, 4) is 0 Å². The predicted octanol–water partition coefficient (Wildman–Crippen LogP) is 2.69. The van der Waals surface area contributed by atoms with Crippen molar-refractivity contribution >= 4 is 16.9 Å². The first kappa shape index (κ1) is 17.2. The maximum atomic E-state index is 9.49. The molecule has 6 heteroatoms. The molecule has 2 fully saturated rings. The number of aliphatic hydroxyl groups excluding tert-OH is 1. The Bertz CT molecular complexity index is 650. The molecule has 4 rings (SSSR count). The smallest absolute Gasteiger partial charge is 0.151 e. The van der Waals surface area contributed by atoms with Crippen molar-refractivity contribution in [1.29, 1.82) is 0 Å². The number of fused-ring (bicyclic) bond motifs is 1. The number of aromatic amines is 1. The number of anilines is 1. The van der Waals surface area contributed by atoms with E-state index in [1.165, 1.54) is 38.4 Å². The molecule has 0 aromatic carbocycles. The molecule has 1 aliphatic carbocycles. The molecule has 0 bridgehead atoms. The highest BCUT2D eigenvalue weighted by molar-refractivity contribution is 5.86. The lowest BCUT2D eigenvalue weighted by molar-refractivity contribution is 0.175. The molecule has 4 N–H and O–H groups in total. The Morgan fingerprint density at radius 1 is 1.25 bits per heavy atom. The second-order valence-corrected chi connectivity index (χ2v) is 7.22. The van der Waals surface area contributed by atoms with Crippen molar-refractivity contribution < 1.29 is 5.11 Å². The third-order valence-electron chi connectivity index (χ3n) is 5.11. The van der Waals surface area contributed by atoms with E-state index in [1.807, 2.05) is 6.20 Å². The van der Waals surface area contributed by atoms with E-state index < -0.39 is 0 Å². The van der Waals surface area contributed by atoms with Gasteiger partial charge >= 0.3 is 0 Å². The zero-order chi connectivity index (χ0) is 16.9. The molecule has 3 heterocycles. The van der Waals surface area contributed by atoms with Gasteiger partial charge in [-0.15, -0.1) is 0 Å². The van der Waals surface area contributed by atoms with E-state index in [0.29, 0.717) is 5.82 Å². The second-order valence-electron chi connectivity index (χ2n) is 7.22. The van der Waals surface area contributed by atoms with Crippen LogP contribution in [0.15, 0.2) is 12.5 Å². The van der Waals surface area contributed by atoms with Crippen LogP contribution >= 0.6 is 0 Å². The van der Waals surface area contributed by atoms with Gasteiger partial charge in [0.2, 0.25) is 0 Å². The van der Waals surface area contributed by atoms with Crippen molar-refractivity contribution in [2.24, 2.45) is 5.92 Å². The van der Waals surface area contributed by atoms with Crippen LogP contribution in [-0.4, -0.2) is 44.2 Å². The number of β-amino-alcohol motifs (C(OH)–C–C–N with tert-alkyl or cyclic N) is 1. The average molecular weight is 331 g/mol. The minimum atomic E-state index is -0.195. The summed E-state index contributed by atoms with van der Waals surface area (Å²) < 4.78 is 0. The predicted molar refractivity (Wildman–Crippen MR) is 96.5 cm³/mol. The lowest BCUT2D eigenvalue weighted by Crippen LogP contribution is -2.21. The van der Waals surface area contributed by atoms with Gasteiger partial charge in [-0.25, -0.2) is 9.97 Å². The minimum absolute atomic E-state index is 0.195. The first-order chi connectivity index (χ1) is 11.6. The van der Waals surface area contributed by atoms with Crippen LogP contribution in [0.25, 0.3) is 11.0 Å². The number of nitrogens with zero attached hydrogens (tertiary/aromatic N) is 3. The van der Waals surface area contributed by atoms with E-state index in [0.717, 1.165) is 48.6 Å². The van der Waals surface area contributed by atoms with Gasteiger partial charge in [-0.05, 0) is 12.3 Å². The Morgan fingerprint density at radius 3 is 2.67 bits per heavy atom. The number of hydrogen-bond acceptors (Lipinski definition) is 5. The van der Waals surface area contributed by atoms with Crippen LogP contribution in [0.1, 0.15) is 51.0 Å². The van der Waals surface area contributed by atoms with Crippen LogP contribution in [0.3, 0.4) is 0 Å². The average Bonchev–Trinajstić information content (AvgIpc) is 3.17. The van der Waals surface area contributed by atoms with E-state index in [-0.39, 0.29) is 6.10 Å². The van der Waals surface area contributed by atoms with Crippen LogP contribution in [0, 0.1) is 5.92 Å². The van der Waals surface area contributed by atoms with E-state index in [9.17, 15) is 5.11 Å². The highest BCUT2D eigenvalue weighted by Gasteiger charge is 2.21. The number of nitrogens with two attached hydrogens (primary N) is 1. The van der Waals surface area contributed by atoms with Gasteiger partial charge in [0.15, 0.2) is 5.82 Å². The third kappa shape index (κ3) is 4.24. The largest absolute Gasteiger partial charge is 0.392 e. The summed E-state index contributed by atoms with van der Waals surface area (Å²) in [6.07, 6.45) is 11.5. The van der Waals surface area contributed by atoms with Gasteiger partial charge in [-0.3, -0.25) is 4.90 Å². The Balaban J connectivity index is 0.000000203. The zero-order valence-corrected chi connectivity index (χ0v) is 14.5. The quantitative estimate of drug-likeness (QED) is 0.787. The van der Waals surface area contributed by atoms with E-state index in [4.69, 9.17) is 5.73 Å². The Kier molecular flexibility index (Phi) is 5.68. The minimum Gasteiger partial charge on any atom is -0.392 e. The molecule has 2 aliphatic rings. The highest BCUT2D eigenvalue weighted by Crippen LogP contribution is 2.22. The summed E-state index contributed by atoms with van der Waals surface area (Å²) in [5.41, 5.74) is 8.53. The number of nitrogens with one attached hydrogen (secondary N) is 1. The van der Waals surface area contributed by atoms with Gasteiger partial charge in [0.1, 0.15) is 11.8 Å². The normalized spacial score (nSPS) is 22.5. The number of rotatable bonds is 2. The summed E-state index contributed by atoms with van der Waals surface area (Å²) in [6, 6.07) is 0. The first-order valence-corrected chi connectivity index (χ1v) is 9.10. The summed E-state index contributed by atoms with van der Waals surface area (Å²) >= 11 is 0. The molecule has 24 heavy (non-hydrogen) atoms. The Morgan fingerprint density at radius 2 is 2.04 bits per heavy atom. The van der Waals surface area contributed by atoms with E-state index in [2.05, 4.69) is 26.8 Å². The summed E-state index contributed by atoms with van der Waals surface area (Å²) in [5.74, 6) is 1.51. The van der Waals surface area contributed by atoms with Gasteiger partial charge in [0.25, 0.3) is 0 Å². The van der Waals surface area contributed by atoms with Gasteiger partial charge in [-0.2, -0.15) is 0 Å². The van der Waals surface area contributed by atoms with Gasteiger partial charge in [-0.1, -0.05) is 39.0 Å². The number of H-pyrrole nitrogens is 1. The molecule has 1 aliphatic heterocycles. The maximum absolute atomic E-state index is 9.49. The summed E-state index contributed by atoms with van der Waals surface area (Å²) in [6.45, 7) is 4.80. The Labute approximate surface area is 143 Å². The molecule has 0 spiro atoms. The second kappa shape index (κ2) is 7.94.